The third-order valence-corrected chi connectivity index (χ3v) is 5.22. The Hall–Kier alpha value is -3.28. The van der Waals surface area contributed by atoms with E-state index in [-0.39, 0.29) is 30.2 Å². The molecule has 1 saturated heterocycles. The Balaban J connectivity index is 1.39. The highest BCUT2D eigenvalue weighted by Crippen LogP contribution is 2.22. The number of rotatable bonds is 4. The Morgan fingerprint density at radius 1 is 1.10 bits per heavy atom. The first-order chi connectivity index (χ1) is 14.1. The molecule has 3 aromatic rings. The van der Waals surface area contributed by atoms with E-state index in [0.717, 1.165) is 22.9 Å². The maximum Gasteiger partial charge on any atom is 0.311 e. The first-order valence-corrected chi connectivity index (χ1v) is 9.66. The minimum atomic E-state index is -0.385. The van der Waals surface area contributed by atoms with Crippen LogP contribution in [0.1, 0.15) is 28.8 Å². The first-order valence-electron chi connectivity index (χ1n) is 9.66. The predicted molar refractivity (Wildman–Crippen MR) is 107 cm³/mol. The van der Waals surface area contributed by atoms with Crippen molar-refractivity contribution in [2.24, 2.45) is 5.92 Å². The summed E-state index contributed by atoms with van der Waals surface area (Å²) < 4.78 is 18.7. The number of ether oxygens (including phenoxy) is 1. The van der Waals surface area contributed by atoms with Crippen LogP contribution in [0.2, 0.25) is 0 Å². The number of para-hydroxylation sites is 1. The molecule has 0 N–H and O–H groups in total. The number of piperidine rings is 1. The fourth-order valence-corrected chi connectivity index (χ4v) is 3.68. The number of fused-ring (bicyclic) bond motifs is 1. The number of aromatic nitrogens is 1. The molecule has 29 heavy (non-hydrogen) atoms. The lowest BCUT2D eigenvalue weighted by molar-refractivity contribution is -0.151. The highest BCUT2D eigenvalue weighted by atomic mass is 19.1. The van der Waals surface area contributed by atoms with E-state index in [0.29, 0.717) is 25.1 Å². The fourth-order valence-electron chi connectivity index (χ4n) is 3.68. The number of halogens is 1. The second-order valence-corrected chi connectivity index (χ2v) is 7.20. The van der Waals surface area contributed by atoms with Gasteiger partial charge in [0.1, 0.15) is 12.4 Å². The van der Waals surface area contributed by atoms with Crippen molar-refractivity contribution in [3.8, 4) is 0 Å². The third kappa shape index (κ3) is 4.26. The molecule has 0 aliphatic carbocycles. The molecule has 1 aliphatic heterocycles. The smallest absolute Gasteiger partial charge is 0.311 e. The van der Waals surface area contributed by atoms with Gasteiger partial charge in [0.2, 0.25) is 0 Å². The van der Waals surface area contributed by atoms with E-state index in [4.69, 9.17) is 4.74 Å². The predicted octanol–water partition coefficient (Wildman–Crippen LogP) is 3.97. The Morgan fingerprint density at radius 3 is 2.72 bits per heavy atom. The topological polar surface area (TPSA) is 59.5 Å². The number of esters is 1. The number of carbonyl (C=O) groups excluding carboxylic acids is 2. The van der Waals surface area contributed by atoms with Crippen LogP contribution in [0.4, 0.5) is 4.39 Å². The van der Waals surface area contributed by atoms with E-state index >= 15 is 0 Å². The van der Waals surface area contributed by atoms with Crippen molar-refractivity contribution in [1.29, 1.82) is 0 Å². The molecule has 0 bridgehead atoms. The summed E-state index contributed by atoms with van der Waals surface area (Å²) >= 11 is 0. The van der Waals surface area contributed by atoms with Gasteiger partial charge in [-0.3, -0.25) is 14.6 Å². The lowest BCUT2D eigenvalue weighted by atomic mass is 9.97. The van der Waals surface area contributed by atoms with Crippen molar-refractivity contribution in [2.45, 2.75) is 19.4 Å². The zero-order valence-electron chi connectivity index (χ0n) is 15.9. The summed E-state index contributed by atoms with van der Waals surface area (Å²) in [6, 6.07) is 15.1. The van der Waals surface area contributed by atoms with Gasteiger partial charge in [-0.2, -0.15) is 0 Å². The quantitative estimate of drug-likeness (QED) is 0.631. The molecule has 1 aromatic heterocycles. The molecule has 1 aliphatic rings. The number of amides is 1. The SMILES string of the molecule is O=C(OCc1cccc2cccnc12)C1CCCN(C(=O)c2ccc(F)cc2)C1. The molecule has 1 unspecified atom stereocenters. The number of hydrogen-bond donors (Lipinski definition) is 0. The van der Waals surface area contributed by atoms with Gasteiger partial charge in [-0.1, -0.05) is 24.3 Å². The van der Waals surface area contributed by atoms with Crippen LogP contribution >= 0.6 is 0 Å². The monoisotopic (exact) mass is 392 g/mol. The molecule has 0 spiro atoms. The normalized spacial score (nSPS) is 16.6. The van der Waals surface area contributed by atoms with Gasteiger partial charge < -0.3 is 9.64 Å². The molecule has 0 radical (unpaired) electrons. The van der Waals surface area contributed by atoms with E-state index in [9.17, 15) is 14.0 Å². The van der Waals surface area contributed by atoms with Crippen molar-refractivity contribution >= 4 is 22.8 Å². The van der Waals surface area contributed by atoms with E-state index in [2.05, 4.69) is 4.98 Å². The summed E-state index contributed by atoms with van der Waals surface area (Å²) in [5, 5.41) is 0.995. The highest BCUT2D eigenvalue weighted by molar-refractivity contribution is 5.94. The average Bonchev–Trinajstić information content (AvgIpc) is 2.77. The van der Waals surface area contributed by atoms with Gasteiger partial charge in [0.15, 0.2) is 0 Å². The molecular formula is C23H21FN2O3. The molecular weight excluding hydrogens is 371 g/mol. The fraction of sp³-hybridized carbons (Fsp3) is 0.261. The van der Waals surface area contributed by atoms with Gasteiger partial charge in [0.05, 0.1) is 11.4 Å². The first kappa shape index (κ1) is 19.1. The molecule has 0 saturated carbocycles. The summed E-state index contributed by atoms with van der Waals surface area (Å²) in [5.41, 5.74) is 2.09. The van der Waals surface area contributed by atoms with E-state index < -0.39 is 0 Å². The molecule has 2 heterocycles. The molecule has 5 nitrogen and oxygen atoms in total. The van der Waals surface area contributed by atoms with E-state index in [1.54, 1.807) is 11.1 Å². The van der Waals surface area contributed by atoms with Crippen molar-refractivity contribution in [1.82, 2.24) is 9.88 Å². The Kier molecular flexibility index (Phi) is 5.51. The summed E-state index contributed by atoms with van der Waals surface area (Å²) in [5.74, 6) is -1.25. The molecule has 148 valence electrons. The zero-order chi connectivity index (χ0) is 20.2. The van der Waals surface area contributed by atoms with Crippen molar-refractivity contribution in [2.75, 3.05) is 13.1 Å². The van der Waals surface area contributed by atoms with Gasteiger partial charge in [-0.15, -0.1) is 0 Å². The number of carbonyl (C=O) groups is 2. The van der Waals surface area contributed by atoms with Crippen molar-refractivity contribution < 1.29 is 18.7 Å². The van der Waals surface area contributed by atoms with Crippen molar-refractivity contribution in [3.05, 3.63) is 77.7 Å². The summed E-state index contributed by atoms with van der Waals surface area (Å²) in [4.78, 5) is 31.3. The van der Waals surface area contributed by atoms with E-state index in [1.807, 2.05) is 30.3 Å². The number of benzene rings is 2. The number of pyridine rings is 1. The number of likely N-dealkylation sites (tertiary alicyclic amines) is 1. The maximum absolute atomic E-state index is 13.1. The van der Waals surface area contributed by atoms with Crippen LogP contribution in [0.25, 0.3) is 10.9 Å². The van der Waals surface area contributed by atoms with Gasteiger partial charge in [0.25, 0.3) is 5.91 Å². The number of nitrogens with zero attached hydrogens (tertiary/aromatic N) is 2. The molecule has 6 heteroatoms. The molecule has 4 rings (SSSR count). The van der Waals surface area contributed by atoms with Gasteiger partial charge >= 0.3 is 5.97 Å². The van der Waals surface area contributed by atoms with Crippen LogP contribution in [0.3, 0.4) is 0 Å². The minimum absolute atomic E-state index is 0.148. The minimum Gasteiger partial charge on any atom is -0.460 e. The standard InChI is InChI=1S/C23H21FN2O3/c24-20-10-8-17(9-11-20)22(27)26-13-3-7-18(14-26)23(28)29-15-19-5-1-4-16-6-2-12-25-21(16)19/h1-2,4-6,8-12,18H,3,7,13-15H2. The second kappa shape index (κ2) is 8.39. The maximum atomic E-state index is 13.1. The Labute approximate surface area is 168 Å². The molecule has 1 atom stereocenters. The number of hydrogen-bond acceptors (Lipinski definition) is 4. The van der Waals surface area contributed by atoms with Gasteiger partial charge in [-0.05, 0) is 43.2 Å². The summed E-state index contributed by atoms with van der Waals surface area (Å²) in [6.07, 6.45) is 3.12. The van der Waals surface area contributed by atoms with Crippen LogP contribution in [0.5, 0.6) is 0 Å². The average molecular weight is 392 g/mol. The van der Waals surface area contributed by atoms with Gasteiger partial charge in [0, 0.05) is 35.8 Å². The van der Waals surface area contributed by atoms with Gasteiger partial charge in [-0.25, -0.2) is 4.39 Å². The van der Waals surface area contributed by atoms with Crippen LogP contribution in [-0.4, -0.2) is 34.8 Å². The van der Waals surface area contributed by atoms with Crippen LogP contribution in [0, 0.1) is 11.7 Å². The summed E-state index contributed by atoms with van der Waals surface area (Å²) in [6.45, 7) is 1.03. The zero-order valence-corrected chi connectivity index (χ0v) is 15.9. The Bertz CT molecular complexity index is 1030. The molecule has 2 aromatic carbocycles. The lowest BCUT2D eigenvalue weighted by Gasteiger charge is -2.31. The van der Waals surface area contributed by atoms with Crippen molar-refractivity contribution in [3.63, 3.8) is 0 Å². The van der Waals surface area contributed by atoms with E-state index in [1.165, 1.54) is 24.3 Å². The Morgan fingerprint density at radius 2 is 1.90 bits per heavy atom. The second-order valence-electron chi connectivity index (χ2n) is 7.20. The highest BCUT2D eigenvalue weighted by Gasteiger charge is 2.30. The lowest BCUT2D eigenvalue weighted by Crippen LogP contribution is -2.42. The largest absolute Gasteiger partial charge is 0.460 e. The molecule has 1 amide bonds. The van der Waals surface area contributed by atoms with Crippen LogP contribution in [0.15, 0.2) is 60.8 Å². The summed E-state index contributed by atoms with van der Waals surface area (Å²) in [7, 11) is 0. The molecule has 1 fully saturated rings. The van der Waals surface area contributed by atoms with Crippen LogP contribution in [-0.2, 0) is 16.1 Å². The van der Waals surface area contributed by atoms with Crippen LogP contribution < -0.4 is 0 Å². The third-order valence-electron chi connectivity index (χ3n) is 5.22.